The van der Waals surface area contributed by atoms with Crippen LogP contribution in [0.5, 0.6) is 5.75 Å². The average molecular weight is 415 g/mol. The van der Waals surface area contributed by atoms with E-state index in [9.17, 15) is 9.59 Å². The van der Waals surface area contributed by atoms with Gasteiger partial charge in [0.25, 0.3) is 11.8 Å². The van der Waals surface area contributed by atoms with Crippen molar-refractivity contribution in [3.8, 4) is 5.75 Å². The first kappa shape index (κ1) is 20.7. The molecule has 5 heteroatoms. The zero-order valence-electron chi connectivity index (χ0n) is 17.8. The maximum Gasteiger partial charge on any atom is 0.258 e. The summed E-state index contributed by atoms with van der Waals surface area (Å²) in [6.45, 7) is 4.97. The summed E-state index contributed by atoms with van der Waals surface area (Å²) in [6.07, 6.45) is 0.826. The molecule has 1 aliphatic heterocycles. The molecule has 4 rings (SSSR count). The van der Waals surface area contributed by atoms with Gasteiger partial charge in [-0.15, -0.1) is 0 Å². The number of ether oxygens (including phenoxy) is 1. The molecule has 2 amide bonds. The predicted octanol–water partition coefficient (Wildman–Crippen LogP) is 4.61. The maximum absolute atomic E-state index is 13.1. The lowest BCUT2D eigenvalue weighted by molar-refractivity contribution is 0.0948. The van der Waals surface area contributed by atoms with Gasteiger partial charge in [0.15, 0.2) is 0 Å². The van der Waals surface area contributed by atoms with Crippen LogP contribution in [0.1, 0.15) is 45.7 Å². The van der Waals surface area contributed by atoms with Gasteiger partial charge in [-0.1, -0.05) is 30.3 Å². The quantitative estimate of drug-likeness (QED) is 0.641. The van der Waals surface area contributed by atoms with Crippen LogP contribution in [0.25, 0.3) is 0 Å². The lowest BCUT2D eigenvalue weighted by atomic mass is 10.1. The highest BCUT2D eigenvalue weighted by molar-refractivity contribution is 6.07. The van der Waals surface area contributed by atoms with Gasteiger partial charge in [0, 0.05) is 29.4 Å². The molecule has 3 aromatic carbocycles. The fourth-order valence-electron chi connectivity index (χ4n) is 3.95. The van der Waals surface area contributed by atoms with E-state index in [1.807, 2.05) is 54.3 Å². The number of benzene rings is 3. The normalized spacial score (nSPS) is 14.8. The zero-order chi connectivity index (χ0) is 21.8. The molecule has 1 aliphatic rings. The Morgan fingerprint density at radius 1 is 1.00 bits per heavy atom. The molecule has 3 aromatic rings. The van der Waals surface area contributed by atoms with Crippen molar-refractivity contribution in [1.82, 2.24) is 5.32 Å². The molecule has 1 heterocycles. The van der Waals surface area contributed by atoms with Crippen molar-refractivity contribution in [3.63, 3.8) is 0 Å². The molecule has 0 saturated heterocycles. The molecule has 5 nitrogen and oxygen atoms in total. The van der Waals surface area contributed by atoms with Crippen LogP contribution < -0.4 is 15.0 Å². The summed E-state index contributed by atoms with van der Waals surface area (Å²) in [5, 5.41) is 2.96. The standard InChI is InChI=1S/C26H26N2O3/c1-3-31-23-13-11-20(12-14-23)25(29)27-17-19-9-10-22-15-18(2)28(24(22)16-19)26(30)21-7-5-4-6-8-21/h4-14,16,18H,3,15,17H2,1-2H3,(H,27,29)/t18-/m0/s1. The van der Waals surface area contributed by atoms with E-state index in [1.165, 1.54) is 0 Å². The number of carbonyl (C=O) groups excluding carboxylic acids is 2. The number of anilines is 1. The predicted molar refractivity (Wildman–Crippen MR) is 122 cm³/mol. The minimum Gasteiger partial charge on any atom is -0.494 e. The van der Waals surface area contributed by atoms with E-state index in [0.717, 1.165) is 29.0 Å². The van der Waals surface area contributed by atoms with E-state index in [0.29, 0.717) is 24.3 Å². The van der Waals surface area contributed by atoms with Crippen LogP contribution in [-0.2, 0) is 13.0 Å². The van der Waals surface area contributed by atoms with Gasteiger partial charge in [-0.05, 0) is 73.9 Å². The molecular formula is C26H26N2O3. The lowest BCUT2D eigenvalue weighted by Gasteiger charge is -2.23. The number of amides is 2. The van der Waals surface area contributed by atoms with Crippen molar-refractivity contribution < 1.29 is 14.3 Å². The summed E-state index contributed by atoms with van der Waals surface area (Å²) in [6, 6.07) is 22.6. The number of nitrogens with one attached hydrogen (secondary N) is 1. The van der Waals surface area contributed by atoms with E-state index < -0.39 is 0 Å². The van der Waals surface area contributed by atoms with Crippen LogP contribution in [0.3, 0.4) is 0 Å². The smallest absolute Gasteiger partial charge is 0.258 e. The largest absolute Gasteiger partial charge is 0.494 e. The molecule has 158 valence electrons. The first-order valence-corrected chi connectivity index (χ1v) is 10.6. The Morgan fingerprint density at radius 2 is 1.74 bits per heavy atom. The third kappa shape index (κ3) is 4.45. The van der Waals surface area contributed by atoms with E-state index in [4.69, 9.17) is 4.74 Å². The molecular weight excluding hydrogens is 388 g/mol. The fourth-order valence-corrected chi connectivity index (χ4v) is 3.95. The average Bonchev–Trinajstić information content (AvgIpc) is 3.13. The Bertz CT molecular complexity index is 1080. The SMILES string of the molecule is CCOc1ccc(C(=O)NCc2ccc3c(c2)N(C(=O)c2ccccc2)[C@@H](C)C3)cc1. The molecule has 1 atom stereocenters. The van der Waals surface area contributed by atoms with Crippen molar-refractivity contribution in [1.29, 1.82) is 0 Å². The minimum absolute atomic E-state index is 0.00224. The van der Waals surface area contributed by atoms with Crippen molar-refractivity contribution in [2.45, 2.75) is 32.9 Å². The van der Waals surface area contributed by atoms with Gasteiger partial charge in [0.2, 0.25) is 0 Å². The topological polar surface area (TPSA) is 58.6 Å². The van der Waals surface area contributed by atoms with Gasteiger partial charge in [-0.25, -0.2) is 0 Å². The number of carbonyl (C=O) groups is 2. The first-order valence-electron chi connectivity index (χ1n) is 10.6. The number of rotatable bonds is 6. The van der Waals surface area contributed by atoms with Crippen LogP contribution >= 0.6 is 0 Å². The molecule has 0 spiro atoms. The van der Waals surface area contributed by atoms with Crippen LogP contribution in [0.2, 0.25) is 0 Å². The van der Waals surface area contributed by atoms with Gasteiger partial charge < -0.3 is 15.0 Å². The van der Waals surface area contributed by atoms with Gasteiger partial charge in [-0.2, -0.15) is 0 Å². The number of nitrogens with zero attached hydrogens (tertiary/aromatic N) is 1. The van der Waals surface area contributed by atoms with Gasteiger partial charge in [0.05, 0.1) is 6.61 Å². The second-order valence-electron chi connectivity index (χ2n) is 7.70. The fraction of sp³-hybridized carbons (Fsp3) is 0.231. The molecule has 31 heavy (non-hydrogen) atoms. The van der Waals surface area contributed by atoms with Gasteiger partial charge in [0.1, 0.15) is 5.75 Å². The molecule has 0 aromatic heterocycles. The molecule has 0 radical (unpaired) electrons. The second-order valence-corrected chi connectivity index (χ2v) is 7.70. The lowest BCUT2D eigenvalue weighted by Crippen LogP contribution is -2.35. The summed E-state index contributed by atoms with van der Waals surface area (Å²) in [5.41, 5.74) is 4.29. The first-order chi connectivity index (χ1) is 15.1. The Morgan fingerprint density at radius 3 is 2.45 bits per heavy atom. The molecule has 0 unspecified atom stereocenters. The molecule has 1 N–H and O–H groups in total. The Hall–Kier alpha value is -3.60. The maximum atomic E-state index is 13.1. The summed E-state index contributed by atoms with van der Waals surface area (Å²) in [7, 11) is 0. The van der Waals surface area contributed by atoms with E-state index in [1.54, 1.807) is 24.3 Å². The van der Waals surface area contributed by atoms with Crippen molar-refractivity contribution in [3.05, 3.63) is 95.1 Å². The van der Waals surface area contributed by atoms with Gasteiger partial charge in [-0.3, -0.25) is 9.59 Å². The van der Waals surface area contributed by atoms with E-state index in [-0.39, 0.29) is 17.9 Å². The summed E-state index contributed by atoms with van der Waals surface area (Å²) in [4.78, 5) is 27.5. The molecule has 0 fully saturated rings. The Labute approximate surface area is 182 Å². The summed E-state index contributed by atoms with van der Waals surface area (Å²) in [5.74, 6) is 0.603. The van der Waals surface area contributed by atoms with Gasteiger partial charge >= 0.3 is 0 Å². The molecule has 0 aliphatic carbocycles. The van der Waals surface area contributed by atoms with Crippen molar-refractivity contribution in [2.24, 2.45) is 0 Å². The Balaban J connectivity index is 1.47. The highest BCUT2D eigenvalue weighted by Gasteiger charge is 2.31. The Kier molecular flexibility index (Phi) is 6.03. The highest BCUT2D eigenvalue weighted by Crippen LogP contribution is 2.34. The minimum atomic E-state index is -0.144. The van der Waals surface area contributed by atoms with E-state index >= 15 is 0 Å². The number of fused-ring (bicyclic) bond motifs is 1. The zero-order valence-corrected chi connectivity index (χ0v) is 17.8. The number of hydrogen-bond donors (Lipinski definition) is 1. The van der Waals surface area contributed by atoms with Crippen LogP contribution in [-0.4, -0.2) is 24.5 Å². The second kappa shape index (κ2) is 9.04. The molecule has 0 bridgehead atoms. The van der Waals surface area contributed by atoms with Crippen LogP contribution in [0, 0.1) is 0 Å². The summed E-state index contributed by atoms with van der Waals surface area (Å²) < 4.78 is 5.42. The highest BCUT2D eigenvalue weighted by atomic mass is 16.5. The monoisotopic (exact) mass is 414 g/mol. The van der Waals surface area contributed by atoms with Crippen molar-refractivity contribution in [2.75, 3.05) is 11.5 Å². The summed E-state index contributed by atoms with van der Waals surface area (Å²) >= 11 is 0. The van der Waals surface area contributed by atoms with Crippen LogP contribution in [0.4, 0.5) is 5.69 Å². The number of hydrogen-bond acceptors (Lipinski definition) is 3. The van der Waals surface area contributed by atoms with E-state index in [2.05, 4.69) is 18.3 Å². The van der Waals surface area contributed by atoms with Crippen molar-refractivity contribution >= 4 is 17.5 Å². The molecule has 0 saturated carbocycles. The van der Waals surface area contributed by atoms with Crippen LogP contribution in [0.15, 0.2) is 72.8 Å². The third-order valence-electron chi connectivity index (χ3n) is 5.49. The third-order valence-corrected chi connectivity index (χ3v) is 5.49.